The summed E-state index contributed by atoms with van der Waals surface area (Å²) in [5.41, 5.74) is 5.80. The first-order valence-electron chi connectivity index (χ1n) is 12.5. The number of fused-ring (bicyclic) bond motifs is 2. The van der Waals surface area contributed by atoms with Crippen LogP contribution in [0.25, 0.3) is 38.6 Å². The van der Waals surface area contributed by atoms with Crippen LogP contribution in [-0.2, 0) is 0 Å². The molecule has 4 aromatic heterocycles. The topological polar surface area (TPSA) is 85.6 Å². The molecule has 2 aromatic carbocycles. The van der Waals surface area contributed by atoms with Crippen molar-refractivity contribution < 1.29 is 0 Å². The lowest BCUT2D eigenvalue weighted by molar-refractivity contribution is 0.773. The van der Waals surface area contributed by atoms with Gasteiger partial charge in [-0.3, -0.25) is 19.3 Å². The second-order valence-corrected chi connectivity index (χ2v) is 9.42. The van der Waals surface area contributed by atoms with E-state index in [1.165, 1.54) is 0 Å². The van der Waals surface area contributed by atoms with Crippen LogP contribution < -0.4 is 10.9 Å². The summed E-state index contributed by atoms with van der Waals surface area (Å²) in [7, 11) is 0. The maximum atomic E-state index is 14.3. The van der Waals surface area contributed by atoms with Gasteiger partial charge in [0.25, 0.3) is 5.56 Å². The lowest BCUT2D eigenvalue weighted by Gasteiger charge is -2.22. The van der Waals surface area contributed by atoms with E-state index < -0.39 is 0 Å². The predicted octanol–water partition coefficient (Wildman–Crippen LogP) is 6.18. The molecule has 0 saturated heterocycles. The summed E-state index contributed by atoms with van der Waals surface area (Å²) < 4.78 is 1.79. The average molecular weight is 499 g/mol. The first-order valence-corrected chi connectivity index (χ1v) is 12.5. The molecule has 7 nitrogen and oxygen atoms in total. The van der Waals surface area contributed by atoms with E-state index in [1.54, 1.807) is 10.8 Å². The largest absolute Gasteiger partial charge is 0.360 e. The normalized spacial score (nSPS) is 12.1. The Bertz CT molecular complexity index is 1860. The number of rotatable bonds is 5. The van der Waals surface area contributed by atoms with Crippen molar-refractivity contribution in [2.24, 2.45) is 0 Å². The summed E-state index contributed by atoms with van der Waals surface area (Å²) in [6.07, 6.45) is 5.35. The molecule has 0 bridgehead atoms. The summed E-state index contributed by atoms with van der Waals surface area (Å²) in [4.78, 5) is 32.3. The van der Waals surface area contributed by atoms with E-state index >= 15 is 0 Å². The zero-order chi connectivity index (χ0) is 26.2. The molecule has 0 amide bonds. The number of anilines is 1. The van der Waals surface area contributed by atoms with Crippen LogP contribution >= 0.6 is 0 Å². The Morgan fingerprint density at radius 3 is 2.55 bits per heavy atom. The van der Waals surface area contributed by atoms with Crippen molar-refractivity contribution in [3.05, 3.63) is 119 Å². The first kappa shape index (κ1) is 23.5. The van der Waals surface area contributed by atoms with Crippen LogP contribution in [0.2, 0.25) is 0 Å². The van der Waals surface area contributed by atoms with E-state index in [0.717, 1.165) is 39.0 Å². The van der Waals surface area contributed by atoms with Crippen LogP contribution in [0, 0.1) is 13.8 Å². The Hall–Kier alpha value is -4.91. The number of benzene rings is 2. The zero-order valence-electron chi connectivity index (χ0n) is 21.4. The molecule has 4 heterocycles. The van der Waals surface area contributed by atoms with Gasteiger partial charge in [-0.1, -0.05) is 36.4 Å². The van der Waals surface area contributed by atoms with E-state index in [1.807, 2.05) is 93.8 Å². The SMILES string of the molecule is Cc1cncc(-c2cccc3cc([C@H](C)Nc4nc(C)nc5cccnc45)n(-c4ccccc4)c(=O)c23)c1. The number of hydrogen-bond acceptors (Lipinski definition) is 6. The maximum Gasteiger partial charge on any atom is 0.263 e. The molecule has 1 N–H and O–H groups in total. The molecule has 186 valence electrons. The number of aryl methyl sites for hydroxylation is 2. The lowest BCUT2D eigenvalue weighted by Crippen LogP contribution is -2.26. The van der Waals surface area contributed by atoms with E-state index in [9.17, 15) is 4.79 Å². The molecular weight excluding hydrogens is 472 g/mol. The van der Waals surface area contributed by atoms with Gasteiger partial charge in [-0.05, 0) is 73.7 Å². The van der Waals surface area contributed by atoms with Crippen molar-refractivity contribution in [3.8, 4) is 16.8 Å². The number of para-hydroxylation sites is 1. The van der Waals surface area contributed by atoms with Gasteiger partial charge in [0.15, 0.2) is 5.82 Å². The van der Waals surface area contributed by atoms with Crippen LogP contribution in [0.5, 0.6) is 0 Å². The highest BCUT2D eigenvalue weighted by atomic mass is 16.1. The highest BCUT2D eigenvalue weighted by Gasteiger charge is 2.20. The molecule has 6 aromatic rings. The van der Waals surface area contributed by atoms with Gasteiger partial charge in [0.05, 0.1) is 16.9 Å². The van der Waals surface area contributed by atoms with Gasteiger partial charge in [-0.2, -0.15) is 0 Å². The van der Waals surface area contributed by atoms with Crippen LogP contribution in [0.1, 0.15) is 30.0 Å². The van der Waals surface area contributed by atoms with Crippen LogP contribution in [-0.4, -0.2) is 24.5 Å². The number of hydrogen-bond donors (Lipinski definition) is 1. The third-order valence-electron chi connectivity index (χ3n) is 6.64. The second kappa shape index (κ2) is 9.52. The fraction of sp³-hybridized carbons (Fsp3) is 0.129. The minimum Gasteiger partial charge on any atom is -0.360 e. The summed E-state index contributed by atoms with van der Waals surface area (Å²) in [5.74, 6) is 1.28. The number of nitrogens with zero attached hydrogens (tertiary/aromatic N) is 5. The Balaban J connectivity index is 1.57. The smallest absolute Gasteiger partial charge is 0.263 e. The molecule has 6 rings (SSSR count). The molecule has 0 aliphatic heterocycles. The van der Waals surface area contributed by atoms with Gasteiger partial charge >= 0.3 is 0 Å². The van der Waals surface area contributed by atoms with Gasteiger partial charge in [0.1, 0.15) is 11.3 Å². The predicted molar refractivity (Wildman–Crippen MR) is 152 cm³/mol. The zero-order valence-corrected chi connectivity index (χ0v) is 21.4. The standard InChI is InChI=1S/C31H26N6O/c1-19-15-23(18-32-17-19)25-12-7-9-22-16-27(37(31(38)28(22)25)24-10-5-4-6-11-24)20(2)34-30-29-26(13-8-14-33-29)35-21(3)36-30/h4-18,20H,1-3H3,(H,34,35,36)/t20-/m0/s1. The third kappa shape index (κ3) is 4.18. The first-order chi connectivity index (χ1) is 18.5. The molecule has 0 saturated carbocycles. The van der Waals surface area contributed by atoms with Crippen molar-refractivity contribution in [2.45, 2.75) is 26.8 Å². The van der Waals surface area contributed by atoms with Crippen molar-refractivity contribution in [2.75, 3.05) is 5.32 Å². The van der Waals surface area contributed by atoms with Crippen molar-refractivity contribution in [1.82, 2.24) is 24.5 Å². The van der Waals surface area contributed by atoms with Crippen molar-refractivity contribution >= 4 is 27.6 Å². The molecule has 0 aliphatic carbocycles. The molecule has 1 atom stereocenters. The Morgan fingerprint density at radius 2 is 1.74 bits per heavy atom. The van der Waals surface area contributed by atoms with Crippen molar-refractivity contribution in [1.29, 1.82) is 0 Å². The molecule has 0 aliphatic rings. The fourth-order valence-electron chi connectivity index (χ4n) is 4.95. The molecule has 38 heavy (non-hydrogen) atoms. The number of aromatic nitrogens is 5. The Labute approximate surface area is 219 Å². The van der Waals surface area contributed by atoms with Gasteiger partial charge in [-0.25, -0.2) is 9.97 Å². The van der Waals surface area contributed by atoms with Crippen LogP contribution in [0.3, 0.4) is 0 Å². The van der Waals surface area contributed by atoms with E-state index in [2.05, 4.69) is 37.4 Å². The summed E-state index contributed by atoms with van der Waals surface area (Å²) in [6, 6.07) is 23.3. The molecule has 0 fully saturated rings. The maximum absolute atomic E-state index is 14.3. The number of pyridine rings is 3. The van der Waals surface area contributed by atoms with Crippen LogP contribution in [0.4, 0.5) is 5.82 Å². The second-order valence-electron chi connectivity index (χ2n) is 9.42. The molecule has 7 heteroatoms. The minimum atomic E-state index is -0.267. The third-order valence-corrected chi connectivity index (χ3v) is 6.64. The van der Waals surface area contributed by atoms with Crippen molar-refractivity contribution in [3.63, 3.8) is 0 Å². The van der Waals surface area contributed by atoms with E-state index in [0.29, 0.717) is 22.5 Å². The highest BCUT2D eigenvalue weighted by molar-refractivity contribution is 5.96. The Kier molecular flexibility index (Phi) is 5.88. The van der Waals surface area contributed by atoms with Gasteiger partial charge in [0, 0.05) is 35.5 Å². The van der Waals surface area contributed by atoms with Gasteiger partial charge in [0.2, 0.25) is 0 Å². The average Bonchev–Trinajstić information content (AvgIpc) is 2.93. The minimum absolute atomic E-state index is 0.0868. The lowest BCUT2D eigenvalue weighted by atomic mass is 9.98. The molecule has 0 unspecified atom stereocenters. The summed E-state index contributed by atoms with van der Waals surface area (Å²) in [6.45, 7) is 5.89. The Morgan fingerprint density at radius 1 is 0.895 bits per heavy atom. The van der Waals surface area contributed by atoms with E-state index in [4.69, 9.17) is 0 Å². The summed E-state index contributed by atoms with van der Waals surface area (Å²) in [5, 5.41) is 5.04. The van der Waals surface area contributed by atoms with Gasteiger partial charge in [-0.15, -0.1) is 0 Å². The molecular formula is C31H26N6O. The number of nitrogens with one attached hydrogen (secondary N) is 1. The monoisotopic (exact) mass is 498 g/mol. The van der Waals surface area contributed by atoms with Gasteiger partial charge < -0.3 is 5.32 Å². The van der Waals surface area contributed by atoms with Crippen LogP contribution in [0.15, 0.2) is 96.2 Å². The summed E-state index contributed by atoms with van der Waals surface area (Å²) >= 11 is 0. The van der Waals surface area contributed by atoms with E-state index in [-0.39, 0.29) is 11.6 Å². The highest BCUT2D eigenvalue weighted by Crippen LogP contribution is 2.31. The molecule has 0 spiro atoms. The quantitative estimate of drug-likeness (QED) is 0.305. The molecule has 0 radical (unpaired) electrons. The fourth-order valence-corrected chi connectivity index (χ4v) is 4.95.